The number of fused-ring (bicyclic) bond motifs is 3. The number of hydrogen-bond acceptors (Lipinski definition) is 4. The van der Waals surface area contributed by atoms with Crippen LogP contribution in [0.1, 0.15) is 48.3 Å². The van der Waals surface area contributed by atoms with Gasteiger partial charge in [0.05, 0.1) is 23.8 Å². The van der Waals surface area contributed by atoms with Crippen molar-refractivity contribution in [1.29, 1.82) is 5.26 Å². The molecule has 5 rings (SSSR count). The zero-order valence-electron chi connectivity index (χ0n) is 20.2. The number of benzene rings is 3. The molecule has 1 aliphatic rings. The third kappa shape index (κ3) is 4.18. The summed E-state index contributed by atoms with van der Waals surface area (Å²) in [4.78, 5) is 21.7. The number of rotatable bonds is 5. The second-order valence-corrected chi connectivity index (χ2v) is 8.86. The highest BCUT2D eigenvalue weighted by Crippen LogP contribution is 2.39. The minimum atomic E-state index is -1.05. The monoisotopic (exact) mass is 478 g/mol. The van der Waals surface area contributed by atoms with Gasteiger partial charge < -0.3 is 14.8 Å². The number of ether oxygens (including phenoxy) is 1. The Balaban J connectivity index is 1.55. The van der Waals surface area contributed by atoms with E-state index < -0.39 is 6.09 Å². The number of allylic oxidation sites excluding steroid dienone is 1. The predicted molar refractivity (Wildman–Crippen MR) is 139 cm³/mol. The van der Waals surface area contributed by atoms with Gasteiger partial charge in [-0.2, -0.15) is 5.26 Å². The van der Waals surface area contributed by atoms with Crippen LogP contribution in [0.4, 0.5) is 10.5 Å². The Morgan fingerprint density at radius 1 is 1.17 bits per heavy atom. The molecule has 36 heavy (non-hydrogen) atoms. The molecule has 0 saturated carbocycles. The second-order valence-electron chi connectivity index (χ2n) is 8.86. The molecule has 0 radical (unpaired) electrons. The number of nitriles is 1. The van der Waals surface area contributed by atoms with Crippen LogP contribution in [0.2, 0.25) is 0 Å². The van der Waals surface area contributed by atoms with E-state index in [4.69, 9.17) is 4.74 Å². The summed E-state index contributed by atoms with van der Waals surface area (Å²) < 4.78 is 6.09. The van der Waals surface area contributed by atoms with Gasteiger partial charge >= 0.3 is 6.09 Å². The molecule has 7 nitrogen and oxygen atoms in total. The summed E-state index contributed by atoms with van der Waals surface area (Å²) in [6.45, 7) is 4.36. The van der Waals surface area contributed by atoms with E-state index in [2.05, 4.69) is 23.0 Å². The number of amides is 1. The van der Waals surface area contributed by atoms with Crippen molar-refractivity contribution < 1.29 is 14.6 Å². The summed E-state index contributed by atoms with van der Waals surface area (Å²) in [6.07, 6.45) is 0.689. The smallest absolute Gasteiger partial charge is 0.412 e. The van der Waals surface area contributed by atoms with Gasteiger partial charge in [0, 0.05) is 23.1 Å². The van der Waals surface area contributed by atoms with Crippen molar-refractivity contribution in [2.75, 3.05) is 4.90 Å². The number of carboxylic acid groups (broad SMARTS) is 1. The minimum Gasteiger partial charge on any atom is -0.488 e. The topological polar surface area (TPSA) is 102 Å². The Labute approximate surface area is 209 Å². The molecule has 1 aromatic heterocycles. The van der Waals surface area contributed by atoms with Gasteiger partial charge in [-0.25, -0.2) is 9.78 Å². The van der Waals surface area contributed by atoms with Gasteiger partial charge in [-0.3, -0.25) is 4.90 Å². The van der Waals surface area contributed by atoms with Crippen LogP contribution >= 0.6 is 0 Å². The quantitative estimate of drug-likeness (QED) is 0.322. The van der Waals surface area contributed by atoms with Crippen LogP contribution < -0.4 is 9.64 Å². The summed E-state index contributed by atoms with van der Waals surface area (Å²) in [5.41, 5.74) is 6.96. The predicted octanol–water partition coefficient (Wildman–Crippen LogP) is 6.44. The molecular weight excluding hydrogens is 452 g/mol. The first-order chi connectivity index (χ1) is 17.5. The van der Waals surface area contributed by atoms with Gasteiger partial charge in [-0.15, -0.1) is 0 Å². The Morgan fingerprint density at radius 3 is 2.78 bits per heavy atom. The molecule has 1 amide bonds. The molecule has 7 heteroatoms. The molecule has 0 saturated heterocycles. The number of hydrogen-bond donors (Lipinski definition) is 2. The lowest BCUT2D eigenvalue weighted by Gasteiger charge is -2.21. The molecule has 1 aliphatic heterocycles. The van der Waals surface area contributed by atoms with Gasteiger partial charge in [0.25, 0.3) is 0 Å². The normalized spacial score (nSPS) is 13.7. The van der Waals surface area contributed by atoms with Gasteiger partial charge in [-0.1, -0.05) is 43.3 Å². The number of aromatic amines is 1. The number of aromatic nitrogens is 2. The van der Waals surface area contributed by atoms with Crippen LogP contribution in [0.15, 0.2) is 66.2 Å². The van der Waals surface area contributed by atoms with Crippen molar-refractivity contribution in [2.45, 2.75) is 39.8 Å². The van der Waals surface area contributed by atoms with Crippen LogP contribution in [0.25, 0.3) is 16.6 Å². The van der Waals surface area contributed by atoms with Crippen molar-refractivity contribution >= 4 is 28.4 Å². The molecule has 0 aliphatic carbocycles. The Hall–Kier alpha value is -4.57. The third-order valence-electron chi connectivity index (χ3n) is 6.41. The number of aryl methyl sites for hydroxylation is 1. The van der Waals surface area contributed by atoms with Crippen molar-refractivity contribution in [1.82, 2.24) is 9.97 Å². The average Bonchev–Trinajstić information content (AvgIpc) is 3.22. The van der Waals surface area contributed by atoms with Crippen LogP contribution in [0.5, 0.6) is 5.75 Å². The van der Waals surface area contributed by atoms with E-state index in [9.17, 15) is 15.2 Å². The molecule has 0 unspecified atom stereocenters. The van der Waals surface area contributed by atoms with Crippen LogP contribution in [-0.4, -0.2) is 21.2 Å². The third-order valence-corrected chi connectivity index (χ3v) is 6.41. The summed E-state index contributed by atoms with van der Waals surface area (Å²) in [6, 6.07) is 21.4. The van der Waals surface area contributed by atoms with Crippen molar-refractivity contribution in [3.8, 4) is 11.8 Å². The fraction of sp³-hybridized carbons (Fsp3) is 0.207. The van der Waals surface area contributed by atoms with E-state index in [1.807, 2.05) is 54.6 Å². The molecule has 2 heterocycles. The van der Waals surface area contributed by atoms with Crippen LogP contribution in [0, 0.1) is 11.3 Å². The highest BCUT2D eigenvalue weighted by Gasteiger charge is 2.23. The maximum Gasteiger partial charge on any atom is 0.412 e. The molecular formula is C29H26N4O3. The van der Waals surface area contributed by atoms with Crippen molar-refractivity contribution in [3.63, 3.8) is 0 Å². The zero-order valence-corrected chi connectivity index (χ0v) is 20.2. The summed E-state index contributed by atoms with van der Waals surface area (Å²) in [5, 5.41) is 19.8. The molecule has 4 aromatic rings. The lowest BCUT2D eigenvalue weighted by Crippen LogP contribution is -2.29. The molecule has 0 atom stereocenters. The lowest BCUT2D eigenvalue weighted by atomic mass is 9.90. The standard InChI is InChI=1S/C29H26N4O3/c1-3-7-26-31-23-9-6-10-24(28(23)32-26)33(29(34)35)16-19-12-13-21-20(14-19)17-36-25-11-5-4-8-22(25)27(21)18(2)15-30/h4-6,8-14H,3,7,16-17H2,1-2H3,(H,31,32)(H,34,35)/b27-18+. The summed E-state index contributed by atoms with van der Waals surface area (Å²) >= 11 is 0. The average molecular weight is 479 g/mol. The maximum absolute atomic E-state index is 12.4. The zero-order chi connectivity index (χ0) is 25.2. The molecule has 0 fully saturated rings. The maximum atomic E-state index is 12.4. The fourth-order valence-corrected chi connectivity index (χ4v) is 4.75. The largest absolute Gasteiger partial charge is 0.488 e. The van der Waals surface area contributed by atoms with Gasteiger partial charge in [0.2, 0.25) is 0 Å². The molecule has 2 N–H and O–H groups in total. The van der Waals surface area contributed by atoms with Crippen LogP contribution in [0.3, 0.4) is 0 Å². The minimum absolute atomic E-state index is 0.154. The number of imidazole rings is 1. The van der Waals surface area contributed by atoms with E-state index >= 15 is 0 Å². The Bertz CT molecular complexity index is 1540. The van der Waals surface area contributed by atoms with E-state index in [0.29, 0.717) is 23.4 Å². The highest BCUT2D eigenvalue weighted by atomic mass is 16.5. The number of anilines is 1. The number of nitrogens with zero attached hydrogens (tertiary/aromatic N) is 3. The highest BCUT2D eigenvalue weighted by molar-refractivity contribution is 5.98. The second kappa shape index (κ2) is 9.59. The summed E-state index contributed by atoms with van der Waals surface area (Å²) in [5.74, 6) is 1.57. The van der Waals surface area contributed by atoms with Gasteiger partial charge in [-0.05, 0) is 54.3 Å². The number of nitrogens with one attached hydrogen (secondary N) is 1. The SMILES string of the molecule is CCCc1nc2c(N(Cc3ccc4c(c3)COc3ccccc3/C4=C(\C)C#N)C(=O)O)cccc2[nH]1. The first-order valence-corrected chi connectivity index (χ1v) is 11.9. The lowest BCUT2D eigenvalue weighted by molar-refractivity contribution is 0.201. The molecule has 3 aromatic carbocycles. The number of para-hydroxylation sites is 2. The molecule has 0 spiro atoms. The molecule has 0 bridgehead atoms. The first-order valence-electron chi connectivity index (χ1n) is 11.9. The summed E-state index contributed by atoms with van der Waals surface area (Å²) in [7, 11) is 0. The van der Waals surface area contributed by atoms with Gasteiger partial charge in [0.1, 0.15) is 23.7 Å². The van der Waals surface area contributed by atoms with E-state index in [0.717, 1.165) is 57.8 Å². The van der Waals surface area contributed by atoms with E-state index in [1.54, 1.807) is 13.0 Å². The van der Waals surface area contributed by atoms with Crippen LogP contribution in [-0.2, 0) is 19.6 Å². The number of H-pyrrole nitrogens is 1. The fourth-order valence-electron chi connectivity index (χ4n) is 4.75. The van der Waals surface area contributed by atoms with E-state index in [1.165, 1.54) is 4.90 Å². The molecule has 180 valence electrons. The Morgan fingerprint density at radius 2 is 2.00 bits per heavy atom. The number of carbonyl (C=O) groups is 1. The van der Waals surface area contributed by atoms with Crippen molar-refractivity contribution in [2.24, 2.45) is 0 Å². The first kappa shape index (κ1) is 23.2. The Kier molecular flexibility index (Phi) is 6.17. The van der Waals surface area contributed by atoms with E-state index in [-0.39, 0.29) is 6.54 Å². The van der Waals surface area contributed by atoms with Crippen molar-refractivity contribution in [3.05, 3.63) is 94.3 Å². The van der Waals surface area contributed by atoms with Gasteiger partial charge in [0.15, 0.2) is 0 Å².